The van der Waals surface area contributed by atoms with Crippen molar-refractivity contribution in [3.05, 3.63) is 59.0 Å². The number of ether oxygens (including phenoxy) is 1. The molecule has 0 aromatic heterocycles. The summed E-state index contributed by atoms with van der Waals surface area (Å²) in [4.78, 5) is 16.8. The average Bonchev–Trinajstić information content (AvgIpc) is 2.77. The van der Waals surface area contributed by atoms with Gasteiger partial charge in [0.1, 0.15) is 11.0 Å². The highest BCUT2D eigenvalue weighted by atomic mass is 32.2. The lowest BCUT2D eigenvalue weighted by Gasteiger charge is -2.26. The van der Waals surface area contributed by atoms with E-state index in [0.717, 1.165) is 17.0 Å². The molecule has 1 fully saturated rings. The molecule has 1 aliphatic rings. The monoisotopic (exact) mass is 449 g/mol. The third-order valence-corrected chi connectivity index (χ3v) is 7.24. The van der Waals surface area contributed by atoms with E-state index in [-0.39, 0.29) is 5.91 Å². The Morgan fingerprint density at radius 2 is 2.10 bits per heavy atom. The van der Waals surface area contributed by atoms with Gasteiger partial charge >= 0.3 is 0 Å². The van der Waals surface area contributed by atoms with Crippen molar-refractivity contribution in [3.8, 4) is 0 Å². The predicted molar refractivity (Wildman–Crippen MR) is 127 cm³/mol. The Hall–Kier alpha value is -1.87. The van der Waals surface area contributed by atoms with Crippen LogP contribution in [-0.4, -0.2) is 54.3 Å². The highest BCUT2D eigenvalue weighted by Crippen LogP contribution is 2.27. The Morgan fingerprint density at radius 3 is 2.70 bits per heavy atom. The van der Waals surface area contributed by atoms with E-state index < -0.39 is 11.0 Å². The van der Waals surface area contributed by atoms with E-state index in [1.165, 1.54) is 11.8 Å². The molecule has 30 heavy (non-hydrogen) atoms. The van der Waals surface area contributed by atoms with E-state index in [1.54, 1.807) is 12.1 Å². The Morgan fingerprint density at radius 1 is 1.40 bits per heavy atom. The Kier molecular flexibility index (Phi) is 9.84. The molecule has 0 bridgehead atoms. The van der Waals surface area contributed by atoms with Gasteiger partial charge in [-0.1, -0.05) is 37.4 Å². The van der Waals surface area contributed by atoms with Gasteiger partial charge in [0.05, 0.1) is 28.7 Å². The van der Waals surface area contributed by atoms with Crippen LogP contribution < -0.4 is 10.2 Å². The summed E-state index contributed by atoms with van der Waals surface area (Å²) < 4.78 is 20.2. The Balaban J connectivity index is 2.30. The molecular formula is C22H31N3O3S2. The number of allylic oxidation sites excluding steroid dienone is 2. The van der Waals surface area contributed by atoms with E-state index >= 15 is 0 Å². The number of thioether (sulfide) groups is 1. The first-order valence-corrected chi connectivity index (χ1v) is 11.9. The lowest BCUT2D eigenvalue weighted by molar-refractivity contribution is 0.0752. The first-order valence-electron chi connectivity index (χ1n) is 9.95. The summed E-state index contributed by atoms with van der Waals surface area (Å²) in [7, 11) is 0.545. The maximum atomic E-state index is 13.1. The summed E-state index contributed by atoms with van der Waals surface area (Å²) in [5.74, 6) is -0.272. The van der Waals surface area contributed by atoms with Crippen LogP contribution in [0.5, 0.6) is 0 Å². The number of hydrogen-bond acceptors (Lipinski definition) is 5. The third kappa shape index (κ3) is 6.57. The van der Waals surface area contributed by atoms with E-state index in [0.29, 0.717) is 48.3 Å². The van der Waals surface area contributed by atoms with Crippen molar-refractivity contribution in [1.29, 1.82) is 0 Å². The van der Waals surface area contributed by atoms with Crippen molar-refractivity contribution in [2.24, 2.45) is 0 Å². The number of morpholine rings is 1. The summed E-state index contributed by atoms with van der Waals surface area (Å²) >= 11 is 1.45. The molecule has 1 heterocycles. The van der Waals surface area contributed by atoms with E-state index in [9.17, 15) is 9.00 Å². The molecule has 8 heteroatoms. The van der Waals surface area contributed by atoms with Crippen LogP contribution in [0.1, 0.15) is 30.6 Å². The lowest BCUT2D eigenvalue weighted by atomic mass is 10.1. The molecule has 6 nitrogen and oxygen atoms in total. The summed E-state index contributed by atoms with van der Waals surface area (Å²) in [6.07, 6.45) is 4.66. The predicted octanol–water partition coefficient (Wildman–Crippen LogP) is 3.91. The summed E-state index contributed by atoms with van der Waals surface area (Å²) in [6, 6.07) is 5.37. The number of amides is 1. The second kappa shape index (κ2) is 12.1. The molecule has 1 amide bonds. The molecule has 1 unspecified atom stereocenters. The fourth-order valence-corrected chi connectivity index (χ4v) is 4.91. The van der Waals surface area contributed by atoms with Crippen LogP contribution in [0, 0.1) is 0 Å². The first-order chi connectivity index (χ1) is 14.4. The number of carbonyl (C=O) groups excluding carboxylic acids is 1. The topological polar surface area (TPSA) is 61.9 Å². The molecule has 0 saturated carbocycles. The van der Waals surface area contributed by atoms with Crippen LogP contribution in [0.3, 0.4) is 0 Å². The first kappa shape index (κ1) is 24.4. The van der Waals surface area contributed by atoms with Gasteiger partial charge in [-0.25, -0.2) is 8.51 Å². The maximum Gasteiger partial charge on any atom is 0.258 e. The van der Waals surface area contributed by atoms with Crippen molar-refractivity contribution in [1.82, 2.24) is 9.62 Å². The highest BCUT2D eigenvalue weighted by Gasteiger charge is 2.22. The smallest absolute Gasteiger partial charge is 0.258 e. The van der Waals surface area contributed by atoms with Crippen LogP contribution in [-0.2, 0) is 15.7 Å². The minimum Gasteiger partial charge on any atom is -0.379 e. The minimum atomic E-state index is -1.35. The summed E-state index contributed by atoms with van der Waals surface area (Å²) in [5, 5.41) is 3.44. The number of carbonyl (C=O) groups is 1. The van der Waals surface area contributed by atoms with Gasteiger partial charge in [-0.05, 0) is 36.4 Å². The van der Waals surface area contributed by atoms with Gasteiger partial charge in [0.2, 0.25) is 0 Å². The zero-order valence-corrected chi connectivity index (χ0v) is 19.6. The van der Waals surface area contributed by atoms with Gasteiger partial charge in [0.25, 0.3) is 5.91 Å². The van der Waals surface area contributed by atoms with E-state index in [4.69, 9.17) is 4.74 Å². The average molecular weight is 450 g/mol. The molecule has 2 rings (SSSR count). The van der Waals surface area contributed by atoms with Gasteiger partial charge in [0, 0.05) is 32.4 Å². The lowest BCUT2D eigenvalue weighted by Crippen LogP contribution is -2.37. The molecule has 1 aliphatic heterocycles. The third-order valence-electron chi connectivity index (χ3n) is 4.61. The van der Waals surface area contributed by atoms with Gasteiger partial charge in [-0.3, -0.25) is 4.79 Å². The molecule has 0 aliphatic carbocycles. The molecule has 1 aromatic carbocycles. The van der Waals surface area contributed by atoms with Crippen molar-refractivity contribution in [2.75, 3.05) is 44.8 Å². The van der Waals surface area contributed by atoms with E-state index in [1.807, 2.05) is 41.4 Å². The number of benzene rings is 1. The zero-order chi connectivity index (χ0) is 22.1. The fourth-order valence-electron chi connectivity index (χ4n) is 3.00. The van der Waals surface area contributed by atoms with Crippen molar-refractivity contribution in [3.63, 3.8) is 0 Å². The SMILES string of the molecule is C=CCN(C)c1ccc(S(=O)N2CCOCC2)cc1C(=O)NC(=C)S/C(=C\C)CC. The number of nitrogens with one attached hydrogen (secondary N) is 1. The number of rotatable bonds is 10. The maximum absolute atomic E-state index is 13.1. The van der Waals surface area contributed by atoms with Gasteiger partial charge in [-0.2, -0.15) is 0 Å². The summed E-state index contributed by atoms with van der Waals surface area (Å²) in [5.41, 5.74) is 1.20. The van der Waals surface area contributed by atoms with Gasteiger partial charge in [0.15, 0.2) is 0 Å². The largest absolute Gasteiger partial charge is 0.379 e. The van der Waals surface area contributed by atoms with Crippen LogP contribution in [0.2, 0.25) is 0 Å². The Bertz CT molecular complexity index is 833. The van der Waals surface area contributed by atoms with Crippen LogP contribution in [0.15, 0.2) is 58.3 Å². The molecule has 1 saturated heterocycles. The minimum absolute atomic E-state index is 0.272. The van der Waals surface area contributed by atoms with Crippen LogP contribution >= 0.6 is 11.8 Å². The van der Waals surface area contributed by atoms with Crippen molar-refractivity contribution >= 4 is 34.3 Å². The second-order valence-corrected chi connectivity index (χ2v) is 9.43. The fraction of sp³-hybridized carbons (Fsp3) is 0.409. The quantitative estimate of drug-likeness (QED) is 0.549. The van der Waals surface area contributed by atoms with E-state index in [2.05, 4.69) is 25.4 Å². The number of likely N-dealkylation sites (N-methyl/N-ethyl adjacent to an activating group) is 1. The number of hydrogen-bond donors (Lipinski definition) is 1. The standard InChI is InChI=1S/C22H31N3O3S2/c1-6-11-24(5)21-10-9-19(30(27)25-12-14-28-15-13-25)16-20(21)22(26)23-17(4)29-18(7-2)8-3/h6-7,9-10,16H,1,4,8,11-15H2,2-3,5H3,(H,23,26)/b18-7-. The van der Waals surface area contributed by atoms with Crippen molar-refractivity contribution in [2.45, 2.75) is 25.2 Å². The molecule has 1 atom stereocenters. The Labute approximate surface area is 186 Å². The number of anilines is 1. The molecule has 164 valence electrons. The van der Waals surface area contributed by atoms with Crippen LogP contribution in [0.25, 0.3) is 0 Å². The molecule has 1 N–H and O–H groups in total. The normalized spacial score (nSPS) is 16.0. The zero-order valence-electron chi connectivity index (χ0n) is 18.0. The van der Waals surface area contributed by atoms with Gasteiger partial charge < -0.3 is 15.0 Å². The summed E-state index contributed by atoms with van der Waals surface area (Å²) in [6.45, 7) is 14.7. The second-order valence-electron chi connectivity index (χ2n) is 6.73. The highest BCUT2D eigenvalue weighted by molar-refractivity contribution is 8.06. The molecule has 0 spiro atoms. The molecule has 1 aromatic rings. The van der Waals surface area contributed by atoms with Gasteiger partial charge in [-0.15, -0.1) is 6.58 Å². The molecule has 0 radical (unpaired) electrons. The van der Waals surface area contributed by atoms with Crippen LogP contribution in [0.4, 0.5) is 5.69 Å². The molecular weight excluding hydrogens is 418 g/mol. The van der Waals surface area contributed by atoms with Crippen molar-refractivity contribution < 1.29 is 13.7 Å². The number of nitrogens with zero attached hydrogens (tertiary/aromatic N) is 2.